The molecule has 1 aliphatic heterocycles. The fourth-order valence-electron chi connectivity index (χ4n) is 2.24. The molecular formula is C12H20N2O. The number of aryl methyl sites for hydroxylation is 2. The Hall–Kier alpha value is -0.830. The molecule has 3 heteroatoms. The van der Waals surface area contributed by atoms with Crippen molar-refractivity contribution in [3.8, 4) is 0 Å². The number of hydrogen-bond donors (Lipinski definition) is 1. The molecule has 0 bridgehead atoms. The number of aromatic nitrogens is 1. The fourth-order valence-corrected chi connectivity index (χ4v) is 2.24. The van der Waals surface area contributed by atoms with Crippen molar-refractivity contribution in [3.05, 3.63) is 17.3 Å². The van der Waals surface area contributed by atoms with Crippen LogP contribution in [-0.4, -0.2) is 18.1 Å². The van der Waals surface area contributed by atoms with Crippen molar-refractivity contribution in [1.29, 1.82) is 0 Å². The van der Waals surface area contributed by atoms with Crippen molar-refractivity contribution in [2.75, 3.05) is 13.1 Å². The number of rotatable bonds is 3. The highest BCUT2D eigenvalue weighted by molar-refractivity contribution is 5.07. The van der Waals surface area contributed by atoms with Crippen molar-refractivity contribution in [1.82, 2.24) is 10.3 Å². The molecule has 0 aromatic carbocycles. The van der Waals surface area contributed by atoms with Crippen LogP contribution < -0.4 is 5.32 Å². The summed E-state index contributed by atoms with van der Waals surface area (Å²) in [5.74, 6) is 2.75. The zero-order chi connectivity index (χ0) is 10.7. The summed E-state index contributed by atoms with van der Waals surface area (Å²) in [4.78, 5) is 4.49. The van der Waals surface area contributed by atoms with Gasteiger partial charge in [0.2, 0.25) is 0 Å². The molecule has 0 spiro atoms. The zero-order valence-corrected chi connectivity index (χ0v) is 9.68. The molecule has 84 valence electrons. The summed E-state index contributed by atoms with van der Waals surface area (Å²) >= 11 is 0. The Morgan fingerprint density at radius 3 is 2.73 bits per heavy atom. The Labute approximate surface area is 91.3 Å². The molecule has 0 amide bonds. The van der Waals surface area contributed by atoms with Crippen LogP contribution in [0.4, 0.5) is 0 Å². The monoisotopic (exact) mass is 208 g/mol. The van der Waals surface area contributed by atoms with Crippen molar-refractivity contribution >= 4 is 0 Å². The predicted molar refractivity (Wildman–Crippen MR) is 59.9 cm³/mol. The molecule has 1 N–H and O–H groups in total. The first-order chi connectivity index (χ1) is 7.29. The molecule has 15 heavy (non-hydrogen) atoms. The second-order valence-electron chi connectivity index (χ2n) is 4.37. The van der Waals surface area contributed by atoms with Gasteiger partial charge in [0.05, 0.1) is 5.69 Å². The molecule has 2 rings (SSSR count). The average Bonchev–Trinajstić information content (AvgIpc) is 2.60. The third-order valence-corrected chi connectivity index (χ3v) is 3.18. The first kappa shape index (κ1) is 10.7. The van der Waals surface area contributed by atoms with E-state index in [9.17, 15) is 0 Å². The summed E-state index contributed by atoms with van der Waals surface area (Å²) in [6, 6.07) is 0. The van der Waals surface area contributed by atoms with E-state index in [-0.39, 0.29) is 0 Å². The highest BCUT2D eigenvalue weighted by Crippen LogP contribution is 2.19. The van der Waals surface area contributed by atoms with E-state index in [2.05, 4.69) is 17.2 Å². The third kappa shape index (κ3) is 2.59. The van der Waals surface area contributed by atoms with E-state index >= 15 is 0 Å². The van der Waals surface area contributed by atoms with Crippen molar-refractivity contribution in [2.24, 2.45) is 5.92 Å². The first-order valence-electron chi connectivity index (χ1n) is 5.95. The van der Waals surface area contributed by atoms with Crippen LogP contribution in [0.25, 0.3) is 0 Å². The molecule has 0 saturated carbocycles. The summed E-state index contributed by atoms with van der Waals surface area (Å²) < 4.78 is 5.73. The van der Waals surface area contributed by atoms with Crippen LogP contribution in [0.5, 0.6) is 0 Å². The van der Waals surface area contributed by atoms with Crippen LogP contribution in [0.2, 0.25) is 0 Å². The standard InChI is InChI=1S/C12H20N2O/c1-3-11-9(2)14-12(15-11)8-10-4-6-13-7-5-10/h10,13H,3-8H2,1-2H3. The van der Waals surface area contributed by atoms with Gasteiger partial charge in [-0.2, -0.15) is 0 Å². The minimum atomic E-state index is 0.758. The molecule has 1 aliphatic rings. The van der Waals surface area contributed by atoms with E-state index in [1.165, 1.54) is 12.8 Å². The minimum absolute atomic E-state index is 0.758. The molecule has 2 heterocycles. The predicted octanol–water partition coefficient (Wildman–Crippen LogP) is 2.09. The van der Waals surface area contributed by atoms with Gasteiger partial charge in [-0.3, -0.25) is 0 Å². The molecule has 0 aliphatic carbocycles. The summed E-state index contributed by atoms with van der Waals surface area (Å²) in [5, 5.41) is 3.38. The van der Waals surface area contributed by atoms with Crippen LogP contribution >= 0.6 is 0 Å². The molecule has 1 fully saturated rings. The van der Waals surface area contributed by atoms with Gasteiger partial charge in [-0.05, 0) is 38.8 Å². The van der Waals surface area contributed by atoms with Gasteiger partial charge in [0.1, 0.15) is 5.76 Å². The largest absolute Gasteiger partial charge is 0.445 e. The number of nitrogens with zero attached hydrogens (tertiary/aromatic N) is 1. The van der Waals surface area contributed by atoms with Gasteiger partial charge in [-0.15, -0.1) is 0 Å². The van der Waals surface area contributed by atoms with E-state index in [1.54, 1.807) is 0 Å². The summed E-state index contributed by atoms with van der Waals surface area (Å²) in [6.45, 7) is 6.44. The van der Waals surface area contributed by atoms with Gasteiger partial charge in [0.25, 0.3) is 0 Å². The van der Waals surface area contributed by atoms with Gasteiger partial charge in [-0.25, -0.2) is 4.98 Å². The minimum Gasteiger partial charge on any atom is -0.445 e. The smallest absolute Gasteiger partial charge is 0.194 e. The van der Waals surface area contributed by atoms with Gasteiger partial charge < -0.3 is 9.73 Å². The molecule has 3 nitrogen and oxygen atoms in total. The second-order valence-corrected chi connectivity index (χ2v) is 4.37. The molecule has 1 aromatic rings. The van der Waals surface area contributed by atoms with E-state index in [1.807, 2.05) is 6.92 Å². The molecule has 0 atom stereocenters. The summed E-state index contributed by atoms with van der Waals surface area (Å²) in [7, 11) is 0. The molecular weight excluding hydrogens is 188 g/mol. The van der Waals surface area contributed by atoms with Crippen LogP contribution in [0, 0.1) is 12.8 Å². The number of oxazole rings is 1. The highest BCUT2D eigenvalue weighted by atomic mass is 16.4. The Balaban J connectivity index is 1.97. The fraction of sp³-hybridized carbons (Fsp3) is 0.750. The van der Waals surface area contributed by atoms with Crippen molar-refractivity contribution in [3.63, 3.8) is 0 Å². The highest BCUT2D eigenvalue weighted by Gasteiger charge is 2.17. The molecule has 1 aromatic heterocycles. The van der Waals surface area contributed by atoms with Crippen molar-refractivity contribution in [2.45, 2.75) is 39.5 Å². The Morgan fingerprint density at radius 1 is 1.40 bits per heavy atom. The SMILES string of the molecule is CCc1oc(CC2CCNCC2)nc1C. The number of nitrogens with one attached hydrogen (secondary N) is 1. The van der Waals surface area contributed by atoms with Crippen LogP contribution in [0.1, 0.15) is 37.1 Å². The lowest BCUT2D eigenvalue weighted by Crippen LogP contribution is -2.28. The van der Waals surface area contributed by atoms with Crippen molar-refractivity contribution < 1.29 is 4.42 Å². The first-order valence-corrected chi connectivity index (χ1v) is 5.95. The summed E-state index contributed by atoms with van der Waals surface area (Å²) in [5.41, 5.74) is 1.07. The van der Waals surface area contributed by atoms with E-state index in [0.29, 0.717) is 0 Å². The van der Waals surface area contributed by atoms with E-state index in [0.717, 1.165) is 49.2 Å². The maximum Gasteiger partial charge on any atom is 0.194 e. The van der Waals surface area contributed by atoms with E-state index < -0.39 is 0 Å². The number of hydrogen-bond acceptors (Lipinski definition) is 3. The second kappa shape index (κ2) is 4.79. The lowest BCUT2D eigenvalue weighted by atomic mass is 9.95. The maximum atomic E-state index is 5.73. The lowest BCUT2D eigenvalue weighted by Gasteiger charge is -2.20. The molecule has 0 radical (unpaired) electrons. The maximum absolute atomic E-state index is 5.73. The normalized spacial score (nSPS) is 18.3. The van der Waals surface area contributed by atoms with Crippen LogP contribution in [-0.2, 0) is 12.8 Å². The topological polar surface area (TPSA) is 38.1 Å². The lowest BCUT2D eigenvalue weighted by molar-refractivity contribution is 0.337. The van der Waals surface area contributed by atoms with Crippen LogP contribution in [0.15, 0.2) is 4.42 Å². The number of piperidine rings is 1. The quantitative estimate of drug-likeness (QED) is 0.826. The average molecular weight is 208 g/mol. The molecule has 1 saturated heterocycles. The van der Waals surface area contributed by atoms with E-state index in [4.69, 9.17) is 4.42 Å². The Bertz CT molecular complexity index is 313. The zero-order valence-electron chi connectivity index (χ0n) is 9.68. The van der Waals surface area contributed by atoms with Crippen LogP contribution in [0.3, 0.4) is 0 Å². The Morgan fingerprint density at radius 2 is 2.13 bits per heavy atom. The van der Waals surface area contributed by atoms with Gasteiger partial charge in [0, 0.05) is 12.8 Å². The van der Waals surface area contributed by atoms with Gasteiger partial charge >= 0.3 is 0 Å². The summed E-state index contributed by atoms with van der Waals surface area (Å²) in [6.07, 6.45) is 4.47. The van der Waals surface area contributed by atoms with Gasteiger partial charge in [-0.1, -0.05) is 6.92 Å². The van der Waals surface area contributed by atoms with Gasteiger partial charge in [0.15, 0.2) is 5.89 Å². The Kier molecular flexibility index (Phi) is 3.41. The third-order valence-electron chi connectivity index (χ3n) is 3.18. The molecule has 0 unspecified atom stereocenters.